The van der Waals surface area contributed by atoms with Crippen molar-refractivity contribution in [2.75, 3.05) is 18.5 Å². The van der Waals surface area contributed by atoms with Gasteiger partial charge in [-0.3, -0.25) is 0 Å². The molecule has 18 heavy (non-hydrogen) atoms. The van der Waals surface area contributed by atoms with E-state index in [9.17, 15) is 9.18 Å². The third-order valence-corrected chi connectivity index (χ3v) is 2.10. The van der Waals surface area contributed by atoms with Crippen molar-refractivity contribution in [3.8, 4) is 0 Å². The van der Waals surface area contributed by atoms with Crippen molar-refractivity contribution < 1.29 is 13.9 Å². The number of ether oxygens (including phenoxy) is 1. The summed E-state index contributed by atoms with van der Waals surface area (Å²) in [5.74, 6) is -1.08. The summed E-state index contributed by atoms with van der Waals surface area (Å²) in [7, 11) is 0. The Hall–Kier alpha value is -2.27. The number of halogens is 1. The molecule has 1 aromatic carbocycles. The molecule has 6 nitrogen and oxygen atoms in total. The lowest BCUT2D eigenvalue weighted by Crippen LogP contribution is -2.34. The number of benzene rings is 1. The fourth-order valence-electron chi connectivity index (χ4n) is 1.31. The van der Waals surface area contributed by atoms with E-state index in [2.05, 4.69) is 15.3 Å². The molecular formula is C11H13FN4O2. The molecule has 0 heterocycles. The topological polar surface area (TPSA) is 87.1 Å². The highest BCUT2D eigenvalue weighted by molar-refractivity contribution is 5.79. The Bertz CT molecular complexity index is 460. The number of hydrogen-bond donors (Lipinski definition) is 1. The monoisotopic (exact) mass is 252 g/mol. The third-order valence-electron chi connectivity index (χ3n) is 2.10. The summed E-state index contributed by atoms with van der Waals surface area (Å²) in [4.78, 5) is 14.1. The Labute approximate surface area is 103 Å². The third kappa shape index (κ3) is 3.95. The summed E-state index contributed by atoms with van der Waals surface area (Å²) in [5.41, 5.74) is 8.41. The number of nitrogens with zero attached hydrogens (tertiary/aromatic N) is 3. The number of nitrogens with one attached hydrogen (secondary N) is 1. The van der Waals surface area contributed by atoms with Crippen molar-refractivity contribution >= 4 is 11.7 Å². The normalized spacial score (nSPS) is 11.2. The summed E-state index contributed by atoms with van der Waals surface area (Å²) in [6.07, 6.45) is 0. The van der Waals surface area contributed by atoms with Crippen LogP contribution < -0.4 is 5.32 Å². The van der Waals surface area contributed by atoms with E-state index in [-0.39, 0.29) is 18.8 Å². The molecule has 0 aliphatic heterocycles. The lowest BCUT2D eigenvalue weighted by Gasteiger charge is -2.16. The average molecular weight is 252 g/mol. The van der Waals surface area contributed by atoms with Gasteiger partial charge in [-0.1, -0.05) is 17.2 Å². The van der Waals surface area contributed by atoms with Crippen LogP contribution in [-0.2, 0) is 9.53 Å². The maximum atomic E-state index is 13.4. The number of hydrogen-bond acceptors (Lipinski definition) is 4. The summed E-state index contributed by atoms with van der Waals surface area (Å²) in [5, 5.41) is 5.95. The Kier molecular flexibility index (Phi) is 5.47. The Morgan fingerprint density at radius 3 is 2.94 bits per heavy atom. The molecule has 96 valence electrons. The largest absolute Gasteiger partial charge is 0.464 e. The van der Waals surface area contributed by atoms with Gasteiger partial charge in [0, 0.05) is 4.91 Å². The van der Waals surface area contributed by atoms with Crippen molar-refractivity contribution in [3.05, 3.63) is 40.5 Å². The number of azide groups is 1. The standard InChI is InChI=1S/C11H13FN4O2/c1-2-18-11(17)10(7-14-16-13)15-9-6-4-3-5-8(9)12/h3-6,10,15H,2,7H2,1H3. The molecule has 1 rings (SSSR count). The summed E-state index contributed by atoms with van der Waals surface area (Å²) < 4.78 is 18.2. The second-order valence-corrected chi connectivity index (χ2v) is 3.34. The Morgan fingerprint density at radius 2 is 2.33 bits per heavy atom. The Balaban J connectivity index is 2.80. The molecule has 1 N–H and O–H groups in total. The molecule has 1 atom stereocenters. The quantitative estimate of drug-likeness (QED) is 0.365. The first kappa shape index (κ1) is 13.8. The lowest BCUT2D eigenvalue weighted by molar-refractivity contribution is -0.143. The van der Waals surface area contributed by atoms with Gasteiger partial charge in [0.1, 0.15) is 11.9 Å². The van der Waals surface area contributed by atoms with E-state index in [0.717, 1.165) is 0 Å². The van der Waals surface area contributed by atoms with Gasteiger partial charge in [-0.15, -0.1) is 0 Å². The van der Waals surface area contributed by atoms with Crippen LogP contribution in [0.25, 0.3) is 10.4 Å². The fourth-order valence-corrected chi connectivity index (χ4v) is 1.31. The van der Waals surface area contributed by atoms with Crippen LogP contribution in [0.4, 0.5) is 10.1 Å². The molecule has 0 fully saturated rings. The zero-order valence-electron chi connectivity index (χ0n) is 9.84. The number of carbonyl (C=O) groups is 1. The molecule has 1 aromatic rings. The van der Waals surface area contributed by atoms with Gasteiger partial charge >= 0.3 is 5.97 Å². The van der Waals surface area contributed by atoms with E-state index >= 15 is 0 Å². The molecule has 0 bridgehead atoms. The molecule has 7 heteroatoms. The van der Waals surface area contributed by atoms with Gasteiger partial charge in [-0.2, -0.15) is 0 Å². The minimum atomic E-state index is -0.905. The van der Waals surface area contributed by atoms with Crippen LogP contribution in [0.1, 0.15) is 6.92 Å². The van der Waals surface area contributed by atoms with E-state index in [1.54, 1.807) is 13.0 Å². The predicted octanol–water partition coefficient (Wildman–Crippen LogP) is 2.48. The smallest absolute Gasteiger partial charge is 0.328 e. The maximum absolute atomic E-state index is 13.4. The molecule has 0 radical (unpaired) electrons. The number of anilines is 1. The minimum Gasteiger partial charge on any atom is -0.464 e. The molecule has 0 aliphatic rings. The van der Waals surface area contributed by atoms with E-state index in [1.807, 2.05) is 0 Å². The first-order chi connectivity index (χ1) is 8.69. The van der Waals surface area contributed by atoms with Crippen LogP contribution in [0.2, 0.25) is 0 Å². The summed E-state index contributed by atoms with van der Waals surface area (Å²) in [6, 6.07) is 5.00. The van der Waals surface area contributed by atoms with E-state index in [1.165, 1.54) is 18.2 Å². The van der Waals surface area contributed by atoms with Crippen LogP contribution >= 0.6 is 0 Å². The second-order valence-electron chi connectivity index (χ2n) is 3.34. The van der Waals surface area contributed by atoms with Crippen LogP contribution in [0.15, 0.2) is 29.4 Å². The van der Waals surface area contributed by atoms with Crippen LogP contribution in [0.3, 0.4) is 0 Å². The van der Waals surface area contributed by atoms with Crippen molar-refractivity contribution in [2.24, 2.45) is 5.11 Å². The van der Waals surface area contributed by atoms with Crippen molar-refractivity contribution in [1.82, 2.24) is 0 Å². The number of carbonyl (C=O) groups excluding carboxylic acids is 1. The second kappa shape index (κ2) is 7.13. The number of para-hydroxylation sites is 1. The van der Waals surface area contributed by atoms with Crippen LogP contribution in [0.5, 0.6) is 0 Å². The molecule has 0 saturated heterocycles. The highest BCUT2D eigenvalue weighted by Crippen LogP contribution is 2.14. The first-order valence-corrected chi connectivity index (χ1v) is 5.37. The maximum Gasteiger partial charge on any atom is 0.328 e. The molecule has 0 aromatic heterocycles. The SMILES string of the molecule is CCOC(=O)C(CN=[N+]=[N-])Nc1ccccc1F. The summed E-state index contributed by atoms with van der Waals surface area (Å²) >= 11 is 0. The molecule has 0 spiro atoms. The van der Waals surface area contributed by atoms with E-state index in [4.69, 9.17) is 10.3 Å². The zero-order valence-corrected chi connectivity index (χ0v) is 9.84. The van der Waals surface area contributed by atoms with Gasteiger partial charge < -0.3 is 10.1 Å². The fraction of sp³-hybridized carbons (Fsp3) is 0.364. The molecule has 0 amide bonds. The molecule has 1 unspecified atom stereocenters. The van der Waals surface area contributed by atoms with Crippen LogP contribution in [-0.4, -0.2) is 25.2 Å². The van der Waals surface area contributed by atoms with E-state index in [0.29, 0.717) is 0 Å². The highest BCUT2D eigenvalue weighted by atomic mass is 19.1. The van der Waals surface area contributed by atoms with E-state index < -0.39 is 17.8 Å². The van der Waals surface area contributed by atoms with Gasteiger partial charge in [0.2, 0.25) is 0 Å². The molecule has 0 aliphatic carbocycles. The number of esters is 1. The van der Waals surface area contributed by atoms with Gasteiger partial charge in [0.05, 0.1) is 18.8 Å². The zero-order chi connectivity index (χ0) is 13.4. The van der Waals surface area contributed by atoms with Gasteiger partial charge in [0.25, 0.3) is 0 Å². The highest BCUT2D eigenvalue weighted by Gasteiger charge is 2.19. The van der Waals surface area contributed by atoms with Crippen LogP contribution in [0, 0.1) is 5.82 Å². The minimum absolute atomic E-state index is 0.149. The van der Waals surface area contributed by atoms with Gasteiger partial charge in [-0.25, -0.2) is 9.18 Å². The van der Waals surface area contributed by atoms with Gasteiger partial charge in [0.15, 0.2) is 0 Å². The number of rotatable bonds is 6. The molecule has 0 saturated carbocycles. The first-order valence-electron chi connectivity index (χ1n) is 5.37. The van der Waals surface area contributed by atoms with Crippen molar-refractivity contribution in [2.45, 2.75) is 13.0 Å². The van der Waals surface area contributed by atoms with Gasteiger partial charge in [-0.05, 0) is 24.6 Å². The summed E-state index contributed by atoms with van der Waals surface area (Å²) in [6.45, 7) is 1.71. The molecular weight excluding hydrogens is 239 g/mol. The van der Waals surface area contributed by atoms with Crippen molar-refractivity contribution in [1.29, 1.82) is 0 Å². The lowest BCUT2D eigenvalue weighted by atomic mass is 10.2. The predicted molar refractivity (Wildman–Crippen MR) is 64.5 cm³/mol. The average Bonchev–Trinajstić information content (AvgIpc) is 2.36. The Morgan fingerprint density at radius 1 is 1.61 bits per heavy atom. The van der Waals surface area contributed by atoms with Crippen molar-refractivity contribution in [3.63, 3.8) is 0 Å².